The van der Waals surface area contributed by atoms with Crippen LogP contribution in [0.15, 0.2) is 4.99 Å². The van der Waals surface area contributed by atoms with E-state index in [2.05, 4.69) is 29.4 Å². The second kappa shape index (κ2) is 11.5. The smallest absolute Gasteiger partial charge is 0.191 e. The van der Waals surface area contributed by atoms with E-state index in [1.165, 1.54) is 19.3 Å². The van der Waals surface area contributed by atoms with Crippen molar-refractivity contribution >= 4 is 29.9 Å². The fraction of sp³-hybridized carbons (Fsp3) is 0.938. The van der Waals surface area contributed by atoms with E-state index in [9.17, 15) is 0 Å². The van der Waals surface area contributed by atoms with Crippen molar-refractivity contribution in [2.45, 2.75) is 45.6 Å². The highest BCUT2D eigenvalue weighted by Crippen LogP contribution is 2.34. The largest absolute Gasteiger partial charge is 0.379 e. The molecule has 2 fully saturated rings. The highest BCUT2D eigenvalue weighted by atomic mass is 127. The van der Waals surface area contributed by atoms with Gasteiger partial charge in [0.25, 0.3) is 0 Å². The second-order valence-electron chi connectivity index (χ2n) is 6.10. The van der Waals surface area contributed by atoms with Crippen LogP contribution >= 0.6 is 24.0 Å². The Morgan fingerprint density at radius 1 is 1.27 bits per heavy atom. The van der Waals surface area contributed by atoms with E-state index in [-0.39, 0.29) is 24.0 Å². The van der Waals surface area contributed by atoms with E-state index in [4.69, 9.17) is 9.73 Å². The summed E-state index contributed by atoms with van der Waals surface area (Å²) in [4.78, 5) is 7.18. The fourth-order valence-electron chi connectivity index (χ4n) is 2.92. The Morgan fingerprint density at radius 2 is 2.05 bits per heavy atom. The number of rotatable bonds is 8. The summed E-state index contributed by atoms with van der Waals surface area (Å²) in [5, 5.41) is 6.93. The Morgan fingerprint density at radius 3 is 2.73 bits per heavy atom. The van der Waals surface area contributed by atoms with Crippen molar-refractivity contribution in [3.05, 3.63) is 0 Å². The number of nitrogens with one attached hydrogen (secondary N) is 2. The van der Waals surface area contributed by atoms with Crippen molar-refractivity contribution in [1.82, 2.24) is 15.5 Å². The molecule has 0 amide bonds. The first-order chi connectivity index (χ1) is 10.3. The van der Waals surface area contributed by atoms with Crippen molar-refractivity contribution in [2.24, 2.45) is 10.9 Å². The van der Waals surface area contributed by atoms with Gasteiger partial charge >= 0.3 is 0 Å². The molecule has 22 heavy (non-hydrogen) atoms. The fourth-order valence-corrected chi connectivity index (χ4v) is 2.92. The van der Waals surface area contributed by atoms with Gasteiger partial charge < -0.3 is 15.4 Å². The zero-order valence-electron chi connectivity index (χ0n) is 14.1. The van der Waals surface area contributed by atoms with Gasteiger partial charge in [-0.05, 0) is 32.1 Å². The van der Waals surface area contributed by atoms with Crippen molar-refractivity contribution in [3.8, 4) is 0 Å². The van der Waals surface area contributed by atoms with Crippen LogP contribution in [-0.4, -0.2) is 62.8 Å². The number of hydrogen-bond donors (Lipinski definition) is 2. The predicted octanol–water partition coefficient (Wildman–Crippen LogP) is 2.07. The molecule has 6 heteroatoms. The zero-order chi connectivity index (χ0) is 14.9. The van der Waals surface area contributed by atoms with Gasteiger partial charge in [-0.15, -0.1) is 24.0 Å². The number of aliphatic imine (C=N–C) groups is 1. The standard InChI is InChI=1S/C16H32N4O.HI/c1-3-6-14-13-15(14)19-16(17-4-2)18-7-5-8-20-9-11-21-12-10-20;/h14-15H,3-13H2,1-2H3,(H2,17,18,19);1H. The van der Waals surface area contributed by atoms with Crippen LogP contribution < -0.4 is 10.6 Å². The van der Waals surface area contributed by atoms with Crippen molar-refractivity contribution in [2.75, 3.05) is 45.9 Å². The number of nitrogens with zero attached hydrogens (tertiary/aromatic N) is 2. The number of hydrogen-bond acceptors (Lipinski definition) is 3. The van der Waals surface area contributed by atoms with Gasteiger partial charge in [0.15, 0.2) is 5.96 Å². The van der Waals surface area contributed by atoms with E-state index in [1.807, 2.05) is 0 Å². The Labute approximate surface area is 152 Å². The number of ether oxygens (including phenoxy) is 1. The Hall–Kier alpha value is -0.0800. The van der Waals surface area contributed by atoms with Crippen LogP contribution in [0.5, 0.6) is 0 Å². The highest BCUT2D eigenvalue weighted by Gasteiger charge is 2.36. The minimum atomic E-state index is 0. The number of morpholine rings is 1. The van der Waals surface area contributed by atoms with Crippen LogP contribution in [0.25, 0.3) is 0 Å². The predicted molar refractivity (Wildman–Crippen MR) is 103 cm³/mol. The van der Waals surface area contributed by atoms with E-state index in [1.54, 1.807) is 0 Å². The number of guanidine groups is 1. The molecule has 0 radical (unpaired) electrons. The Bertz CT molecular complexity index is 321. The van der Waals surface area contributed by atoms with E-state index in [0.29, 0.717) is 6.04 Å². The Balaban J connectivity index is 0.00000242. The second-order valence-corrected chi connectivity index (χ2v) is 6.10. The van der Waals surface area contributed by atoms with Gasteiger partial charge in [0, 0.05) is 38.8 Å². The molecule has 0 bridgehead atoms. The van der Waals surface area contributed by atoms with Gasteiger partial charge in [-0.25, -0.2) is 0 Å². The molecule has 1 saturated heterocycles. The third kappa shape index (κ3) is 7.46. The molecule has 0 aromatic carbocycles. The first-order valence-electron chi connectivity index (χ1n) is 8.68. The molecule has 5 nitrogen and oxygen atoms in total. The van der Waals surface area contributed by atoms with Gasteiger partial charge in [-0.1, -0.05) is 13.3 Å². The summed E-state index contributed by atoms with van der Waals surface area (Å²) in [6, 6.07) is 0.655. The first kappa shape index (κ1) is 20.0. The Kier molecular flexibility index (Phi) is 10.4. The molecule has 0 aromatic rings. The van der Waals surface area contributed by atoms with Crippen LogP contribution in [-0.2, 0) is 4.74 Å². The first-order valence-corrected chi connectivity index (χ1v) is 8.68. The van der Waals surface area contributed by atoms with Crippen LogP contribution in [0.3, 0.4) is 0 Å². The zero-order valence-corrected chi connectivity index (χ0v) is 16.5. The van der Waals surface area contributed by atoms with Gasteiger partial charge in [0.2, 0.25) is 0 Å². The lowest BCUT2D eigenvalue weighted by molar-refractivity contribution is 0.0377. The lowest BCUT2D eigenvalue weighted by Gasteiger charge is -2.26. The average Bonchev–Trinajstić information content (AvgIpc) is 3.23. The van der Waals surface area contributed by atoms with Crippen LogP contribution in [0, 0.1) is 5.92 Å². The molecule has 130 valence electrons. The molecule has 2 aliphatic rings. The molecule has 0 aromatic heterocycles. The summed E-state index contributed by atoms with van der Waals surface area (Å²) in [5.74, 6) is 1.87. The molecule has 1 heterocycles. The molecular formula is C16H33IN4O. The van der Waals surface area contributed by atoms with Crippen LogP contribution in [0.1, 0.15) is 39.5 Å². The summed E-state index contributed by atoms with van der Waals surface area (Å²) in [5.41, 5.74) is 0. The van der Waals surface area contributed by atoms with Gasteiger partial charge in [0.1, 0.15) is 0 Å². The van der Waals surface area contributed by atoms with Crippen molar-refractivity contribution in [3.63, 3.8) is 0 Å². The average molecular weight is 424 g/mol. The third-order valence-corrected chi connectivity index (χ3v) is 4.25. The molecular weight excluding hydrogens is 391 g/mol. The summed E-state index contributed by atoms with van der Waals surface area (Å²) in [7, 11) is 0. The maximum absolute atomic E-state index is 5.37. The monoisotopic (exact) mass is 424 g/mol. The molecule has 1 aliphatic heterocycles. The minimum Gasteiger partial charge on any atom is -0.379 e. The molecule has 1 aliphatic carbocycles. The lowest BCUT2D eigenvalue weighted by Crippen LogP contribution is -2.39. The molecule has 1 saturated carbocycles. The lowest BCUT2D eigenvalue weighted by atomic mass is 10.2. The van der Waals surface area contributed by atoms with Gasteiger partial charge in [0.05, 0.1) is 13.2 Å². The molecule has 2 N–H and O–H groups in total. The third-order valence-electron chi connectivity index (χ3n) is 4.25. The van der Waals surface area contributed by atoms with Gasteiger partial charge in [-0.2, -0.15) is 0 Å². The normalized spacial score (nSPS) is 25.5. The molecule has 2 atom stereocenters. The minimum absolute atomic E-state index is 0. The van der Waals surface area contributed by atoms with Crippen LogP contribution in [0.4, 0.5) is 0 Å². The summed E-state index contributed by atoms with van der Waals surface area (Å²) < 4.78 is 5.37. The highest BCUT2D eigenvalue weighted by molar-refractivity contribution is 14.0. The van der Waals surface area contributed by atoms with E-state index < -0.39 is 0 Å². The molecule has 2 unspecified atom stereocenters. The molecule has 0 spiro atoms. The topological polar surface area (TPSA) is 48.9 Å². The van der Waals surface area contributed by atoms with Crippen LogP contribution in [0.2, 0.25) is 0 Å². The maximum atomic E-state index is 5.37. The maximum Gasteiger partial charge on any atom is 0.191 e. The summed E-state index contributed by atoms with van der Waals surface area (Å²) >= 11 is 0. The quantitative estimate of drug-likeness (QED) is 0.271. The van der Waals surface area contributed by atoms with Gasteiger partial charge in [-0.3, -0.25) is 9.89 Å². The van der Waals surface area contributed by atoms with Crippen molar-refractivity contribution in [1.29, 1.82) is 0 Å². The SMILES string of the molecule is CCCC1CC1NC(=NCCCN1CCOCC1)NCC.I. The summed E-state index contributed by atoms with van der Waals surface area (Å²) in [6.07, 6.45) is 5.07. The summed E-state index contributed by atoms with van der Waals surface area (Å²) in [6.45, 7) is 11.3. The molecule has 2 rings (SSSR count). The van der Waals surface area contributed by atoms with E-state index in [0.717, 1.165) is 64.2 Å². The van der Waals surface area contributed by atoms with Crippen molar-refractivity contribution < 1.29 is 4.74 Å². The van der Waals surface area contributed by atoms with E-state index >= 15 is 0 Å². The number of halogens is 1.